The number of benzene rings is 3. The Labute approximate surface area is 290 Å². The van der Waals surface area contributed by atoms with E-state index in [-0.39, 0.29) is 30.9 Å². The Hall–Kier alpha value is -4.55. The zero-order valence-electron chi connectivity index (χ0n) is 27.3. The number of nitrogen functional groups attached to an aromatic ring is 1. The summed E-state index contributed by atoms with van der Waals surface area (Å²) in [5.41, 5.74) is 12.6. The minimum absolute atomic E-state index is 0.228. The third-order valence-electron chi connectivity index (χ3n) is 9.23. The van der Waals surface area contributed by atoms with Crippen molar-refractivity contribution in [2.24, 2.45) is 0 Å². The molecule has 254 valence electrons. The normalized spacial score (nSPS) is 15.7. The summed E-state index contributed by atoms with van der Waals surface area (Å²) in [5.74, 6) is 1.52. The number of carbonyl (C=O) groups excluding carboxylic acids is 2. The van der Waals surface area contributed by atoms with Gasteiger partial charge in [-0.1, -0.05) is 35.9 Å². The first-order chi connectivity index (χ1) is 23.9. The summed E-state index contributed by atoms with van der Waals surface area (Å²) >= 11 is 6.01. The molecule has 1 fully saturated rings. The van der Waals surface area contributed by atoms with Crippen molar-refractivity contribution < 1.29 is 23.8 Å². The molecule has 1 saturated heterocycles. The molecule has 3 heterocycles. The monoisotopic (exact) mass is 682 g/mol. The molecule has 7 rings (SSSR count). The Morgan fingerprint density at radius 2 is 1.45 bits per heavy atom. The lowest BCUT2D eigenvalue weighted by molar-refractivity contribution is 0.0295. The van der Waals surface area contributed by atoms with Crippen LogP contribution in [-0.2, 0) is 28.9 Å². The van der Waals surface area contributed by atoms with E-state index in [1.165, 1.54) is 10.5 Å². The number of imide groups is 1. The van der Waals surface area contributed by atoms with Gasteiger partial charge in [0.2, 0.25) is 5.95 Å². The fourth-order valence-electron chi connectivity index (χ4n) is 6.61. The summed E-state index contributed by atoms with van der Waals surface area (Å²) in [6.45, 7) is 6.72. The number of piperazine rings is 1. The number of ether oxygens (including phenoxy) is 3. The lowest BCUT2D eigenvalue weighted by Gasteiger charge is -2.37. The number of hydrogen-bond acceptors (Lipinski definition) is 10. The average Bonchev–Trinajstić information content (AvgIpc) is 3.37. The van der Waals surface area contributed by atoms with Crippen LogP contribution in [0.25, 0.3) is 11.3 Å². The van der Waals surface area contributed by atoms with Gasteiger partial charge in [-0.3, -0.25) is 19.4 Å². The molecule has 0 atom stereocenters. The van der Waals surface area contributed by atoms with Crippen LogP contribution in [0.5, 0.6) is 5.75 Å². The Morgan fingerprint density at radius 1 is 0.755 bits per heavy atom. The number of aromatic nitrogens is 2. The molecule has 2 aliphatic heterocycles. The largest absolute Gasteiger partial charge is 0.489 e. The maximum atomic E-state index is 12.5. The molecule has 11 nitrogen and oxygen atoms in total. The molecule has 1 aromatic heterocycles. The highest BCUT2D eigenvalue weighted by Gasteiger charge is 2.34. The van der Waals surface area contributed by atoms with Crippen molar-refractivity contribution in [1.29, 1.82) is 0 Å². The van der Waals surface area contributed by atoms with Crippen LogP contribution in [0.3, 0.4) is 0 Å². The molecule has 0 radical (unpaired) electrons. The number of amides is 2. The molecule has 0 unspecified atom stereocenters. The van der Waals surface area contributed by atoms with Gasteiger partial charge in [0.05, 0.1) is 49.8 Å². The second kappa shape index (κ2) is 14.9. The number of rotatable bonds is 13. The van der Waals surface area contributed by atoms with Crippen molar-refractivity contribution in [2.75, 3.05) is 76.3 Å². The van der Waals surface area contributed by atoms with Crippen LogP contribution in [0.2, 0.25) is 5.02 Å². The Kier molecular flexibility index (Phi) is 10.0. The summed E-state index contributed by atoms with van der Waals surface area (Å²) in [7, 11) is 0. The predicted octanol–water partition coefficient (Wildman–Crippen LogP) is 4.51. The number of anilines is 2. The molecule has 2 amide bonds. The summed E-state index contributed by atoms with van der Waals surface area (Å²) in [4.78, 5) is 40.3. The lowest BCUT2D eigenvalue weighted by atomic mass is 9.88. The quantitative estimate of drug-likeness (QED) is 0.159. The van der Waals surface area contributed by atoms with E-state index in [2.05, 4.69) is 26.9 Å². The molecular weight excluding hydrogens is 644 g/mol. The van der Waals surface area contributed by atoms with Crippen LogP contribution >= 0.6 is 11.6 Å². The van der Waals surface area contributed by atoms with Crippen LogP contribution in [-0.4, -0.2) is 97.3 Å². The van der Waals surface area contributed by atoms with Gasteiger partial charge in [-0.05, 0) is 66.4 Å². The second-order valence-corrected chi connectivity index (χ2v) is 12.8. The van der Waals surface area contributed by atoms with E-state index in [4.69, 9.17) is 36.5 Å². The van der Waals surface area contributed by atoms with Crippen LogP contribution in [0.15, 0.2) is 66.7 Å². The van der Waals surface area contributed by atoms with Crippen LogP contribution in [0.4, 0.5) is 11.8 Å². The number of nitrogens with zero attached hydrogens (tertiary/aromatic N) is 5. The fraction of sp³-hybridized carbons (Fsp3) is 0.351. The molecule has 3 aromatic carbocycles. The molecule has 12 heteroatoms. The smallest absolute Gasteiger partial charge is 0.261 e. The van der Waals surface area contributed by atoms with E-state index in [1.54, 1.807) is 24.3 Å². The summed E-state index contributed by atoms with van der Waals surface area (Å²) in [6.07, 6.45) is 1.72. The van der Waals surface area contributed by atoms with Crippen molar-refractivity contribution >= 4 is 35.2 Å². The number of nitrogens with two attached hydrogens (primary N) is 1. The average molecular weight is 683 g/mol. The summed E-state index contributed by atoms with van der Waals surface area (Å²) in [6, 6.07) is 20.7. The Morgan fingerprint density at radius 3 is 2.16 bits per heavy atom. The van der Waals surface area contributed by atoms with Crippen LogP contribution in [0, 0.1) is 0 Å². The topological polar surface area (TPSA) is 123 Å². The Balaban J connectivity index is 0.843. The minimum Gasteiger partial charge on any atom is -0.489 e. The highest BCUT2D eigenvalue weighted by atomic mass is 35.5. The van der Waals surface area contributed by atoms with E-state index in [1.807, 2.05) is 30.3 Å². The maximum absolute atomic E-state index is 12.5. The first kappa shape index (κ1) is 33.0. The number of fused-ring (bicyclic) bond motifs is 4. The molecule has 3 aliphatic rings. The van der Waals surface area contributed by atoms with Gasteiger partial charge in [0.25, 0.3) is 11.8 Å². The fourth-order valence-corrected chi connectivity index (χ4v) is 6.73. The molecule has 1 aliphatic carbocycles. The van der Waals surface area contributed by atoms with Gasteiger partial charge < -0.3 is 24.8 Å². The van der Waals surface area contributed by atoms with Gasteiger partial charge in [0.15, 0.2) is 0 Å². The first-order valence-corrected chi connectivity index (χ1v) is 17.1. The molecule has 49 heavy (non-hydrogen) atoms. The number of hydrogen-bond donors (Lipinski definition) is 1. The van der Waals surface area contributed by atoms with E-state index in [0.717, 1.165) is 79.5 Å². The van der Waals surface area contributed by atoms with Gasteiger partial charge in [-0.15, -0.1) is 0 Å². The molecule has 0 saturated carbocycles. The van der Waals surface area contributed by atoms with Crippen molar-refractivity contribution in [3.05, 3.63) is 99.6 Å². The zero-order chi connectivity index (χ0) is 33.7. The Bertz CT molecular complexity index is 1790. The van der Waals surface area contributed by atoms with E-state index in [0.29, 0.717) is 42.6 Å². The van der Waals surface area contributed by atoms with Gasteiger partial charge in [-0.2, -0.15) is 4.98 Å². The third-order valence-corrected chi connectivity index (χ3v) is 9.48. The molecule has 4 aromatic rings. The van der Waals surface area contributed by atoms with Crippen LogP contribution in [0.1, 0.15) is 37.4 Å². The van der Waals surface area contributed by atoms with E-state index in [9.17, 15) is 9.59 Å². The van der Waals surface area contributed by atoms with Gasteiger partial charge >= 0.3 is 0 Å². The van der Waals surface area contributed by atoms with E-state index >= 15 is 0 Å². The van der Waals surface area contributed by atoms with Crippen molar-refractivity contribution in [3.63, 3.8) is 0 Å². The summed E-state index contributed by atoms with van der Waals surface area (Å²) in [5, 5.41) is 0.710. The minimum atomic E-state index is -0.263. The molecule has 0 spiro atoms. The SMILES string of the molecule is Nc1nc2c(c(N3CCN(CCOCCOCCN4C(=O)c5ccccc5C4=O)CC3)n1)CCc1cc(OCc3ccc(Cl)cc3)ccc1-2. The number of halogens is 1. The molecular formula is C37H39ClN6O5. The lowest BCUT2D eigenvalue weighted by Crippen LogP contribution is -2.48. The molecule has 2 N–H and O–H groups in total. The number of aryl methyl sites for hydroxylation is 1. The second-order valence-electron chi connectivity index (χ2n) is 12.3. The van der Waals surface area contributed by atoms with Crippen molar-refractivity contribution in [1.82, 2.24) is 19.8 Å². The highest BCUT2D eigenvalue weighted by molar-refractivity contribution is 6.30. The van der Waals surface area contributed by atoms with Crippen molar-refractivity contribution in [2.45, 2.75) is 19.4 Å². The maximum Gasteiger partial charge on any atom is 0.261 e. The predicted molar refractivity (Wildman–Crippen MR) is 187 cm³/mol. The van der Waals surface area contributed by atoms with Gasteiger partial charge in [0, 0.05) is 48.9 Å². The van der Waals surface area contributed by atoms with E-state index < -0.39 is 0 Å². The first-order valence-electron chi connectivity index (χ1n) is 16.7. The van der Waals surface area contributed by atoms with Gasteiger partial charge in [0.1, 0.15) is 18.2 Å². The zero-order valence-corrected chi connectivity index (χ0v) is 28.0. The third kappa shape index (κ3) is 7.40. The van der Waals surface area contributed by atoms with Gasteiger partial charge in [-0.25, -0.2) is 4.98 Å². The van der Waals surface area contributed by atoms with Crippen molar-refractivity contribution in [3.8, 4) is 17.0 Å². The van der Waals surface area contributed by atoms with Crippen LogP contribution < -0.4 is 15.4 Å². The standard InChI is InChI=1S/C37H39ClN6O5/c38-27-8-5-25(6-9-27)24-49-28-10-12-29-26(23-28)7-11-32-33(29)40-37(39)41-34(32)43-15-13-42(14-16-43)17-19-47-21-22-48-20-18-44-35(45)30-3-1-2-4-31(30)36(44)46/h1-6,8-10,12,23H,7,11,13-22,24H2,(H2,39,40,41). The summed E-state index contributed by atoms with van der Waals surface area (Å²) < 4.78 is 17.5. The number of carbonyl (C=O) groups is 2. The molecule has 0 bridgehead atoms. The highest BCUT2D eigenvalue weighted by Crippen LogP contribution is 2.38.